The predicted octanol–water partition coefficient (Wildman–Crippen LogP) is 2.14. The van der Waals surface area contributed by atoms with Crippen molar-refractivity contribution < 1.29 is 38.1 Å². The molecule has 0 bridgehead atoms. The smallest absolute Gasteiger partial charge is 0.450 e. The summed E-state index contributed by atoms with van der Waals surface area (Å²) in [5, 5.41) is 16.3. The lowest BCUT2D eigenvalue weighted by Crippen LogP contribution is -2.50. The summed E-state index contributed by atoms with van der Waals surface area (Å²) in [6.07, 6.45) is -4.89. The molecule has 2 N–H and O–H groups in total. The lowest BCUT2D eigenvalue weighted by atomic mass is 10.1. The fraction of sp³-hybridized carbons (Fsp3) is 0.714. The van der Waals surface area contributed by atoms with Crippen LogP contribution in [0.15, 0.2) is 0 Å². The molecule has 0 amide bonds. The normalized spacial score (nSPS) is 18.4. The maximum Gasteiger partial charge on any atom is 0.508 e. The van der Waals surface area contributed by atoms with Gasteiger partial charge < -0.3 is 19.7 Å². The van der Waals surface area contributed by atoms with Gasteiger partial charge in [0.15, 0.2) is 0 Å². The fourth-order valence-electron chi connectivity index (χ4n) is 0.858. The molecule has 2 unspecified atom stereocenters. The van der Waals surface area contributed by atoms with Gasteiger partial charge in [0.05, 0.1) is 0 Å². The third kappa shape index (κ3) is 3.22. The Kier molecular flexibility index (Phi) is 3.83. The molecule has 0 saturated carbocycles. The van der Waals surface area contributed by atoms with Crippen LogP contribution < -0.4 is 0 Å². The molecule has 0 spiro atoms. The highest BCUT2D eigenvalue weighted by molar-refractivity contribution is 5.59. The third-order valence-corrected chi connectivity index (χ3v) is 1.65. The van der Waals surface area contributed by atoms with E-state index >= 15 is 0 Å². The van der Waals surface area contributed by atoms with Crippen molar-refractivity contribution in [1.82, 2.24) is 0 Å². The van der Waals surface area contributed by atoms with Crippen LogP contribution in [0, 0.1) is 0 Å². The van der Waals surface area contributed by atoms with Crippen molar-refractivity contribution in [3.05, 3.63) is 0 Å². The molecular weight excluding hydrogens is 218 g/mol. The van der Waals surface area contributed by atoms with Crippen LogP contribution in [-0.2, 0) is 9.47 Å². The van der Waals surface area contributed by atoms with E-state index in [2.05, 4.69) is 9.47 Å². The molecule has 0 aromatic heterocycles. The SMILES string of the molecule is CCC(F)(OC(=O)O)C(C)(F)OC(=O)O. The summed E-state index contributed by atoms with van der Waals surface area (Å²) in [5.74, 6) is -6.79. The minimum absolute atomic E-state index is 0.424. The average molecular weight is 228 g/mol. The molecule has 6 nitrogen and oxygen atoms in total. The molecule has 0 heterocycles. The Labute approximate surface area is 83.4 Å². The molecule has 88 valence electrons. The van der Waals surface area contributed by atoms with E-state index in [9.17, 15) is 18.4 Å². The van der Waals surface area contributed by atoms with Crippen LogP contribution >= 0.6 is 0 Å². The number of rotatable bonds is 4. The molecule has 8 heteroatoms. The molecule has 0 fully saturated rings. The number of carboxylic acid groups (broad SMARTS) is 2. The van der Waals surface area contributed by atoms with E-state index in [0.29, 0.717) is 6.92 Å². The first-order valence-electron chi connectivity index (χ1n) is 3.86. The van der Waals surface area contributed by atoms with Gasteiger partial charge in [-0.2, -0.15) is 8.78 Å². The summed E-state index contributed by atoms with van der Waals surface area (Å²) in [6.45, 7) is 1.50. The van der Waals surface area contributed by atoms with Gasteiger partial charge in [-0.15, -0.1) is 0 Å². The first kappa shape index (κ1) is 13.4. The van der Waals surface area contributed by atoms with Crippen LogP contribution in [0.5, 0.6) is 0 Å². The van der Waals surface area contributed by atoms with Crippen molar-refractivity contribution in [2.24, 2.45) is 0 Å². The summed E-state index contributed by atoms with van der Waals surface area (Å²) >= 11 is 0. The first-order valence-corrected chi connectivity index (χ1v) is 3.86. The maximum absolute atomic E-state index is 13.5. The van der Waals surface area contributed by atoms with Crippen molar-refractivity contribution in [1.29, 1.82) is 0 Å². The minimum atomic E-state index is -3.41. The molecule has 0 aliphatic rings. The second-order valence-electron chi connectivity index (χ2n) is 2.73. The van der Waals surface area contributed by atoms with E-state index in [0.717, 1.165) is 6.92 Å². The number of halogens is 2. The van der Waals surface area contributed by atoms with E-state index in [4.69, 9.17) is 10.2 Å². The molecule has 0 rings (SSSR count). The molecule has 15 heavy (non-hydrogen) atoms. The summed E-state index contributed by atoms with van der Waals surface area (Å²) in [5.41, 5.74) is 0. The van der Waals surface area contributed by atoms with Gasteiger partial charge in [0.25, 0.3) is 0 Å². The van der Waals surface area contributed by atoms with Crippen LogP contribution in [0.3, 0.4) is 0 Å². The van der Waals surface area contributed by atoms with Crippen molar-refractivity contribution in [2.75, 3.05) is 0 Å². The summed E-state index contributed by atoms with van der Waals surface area (Å²) < 4.78 is 34.1. The van der Waals surface area contributed by atoms with E-state index in [-0.39, 0.29) is 0 Å². The lowest BCUT2D eigenvalue weighted by molar-refractivity contribution is -0.284. The van der Waals surface area contributed by atoms with Gasteiger partial charge in [0.2, 0.25) is 0 Å². The van der Waals surface area contributed by atoms with Gasteiger partial charge in [0, 0.05) is 13.3 Å². The quantitative estimate of drug-likeness (QED) is 0.716. The van der Waals surface area contributed by atoms with E-state index in [1.165, 1.54) is 0 Å². The zero-order valence-corrected chi connectivity index (χ0v) is 7.99. The van der Waals surface area contributed by atoms with Crippen molar-refractivity contribution >= 4 is 12.3 Å². The number of carbonyl (C=O) groups is 2. The minimum Gasteiger partial charge on any atom is -0.450 e. The number of hydrogen-bond donors (Lipinski definition) is 2. The van der Waals surface area contributed by atoms with Crippen molar-refractivity contribution in [2.45, 2.75) is 32.0 Å². The van der Waals surface area contributed by atoms with E-state index in [1.54, 1.807) is 0 Å². The van der Waals surface area contributed by atoms with Crippen LogP contribution in [0.1, 0.15) is 20.3 Å². The Morgan fingerprint density at radius 1 is 1.20 bits per heavy atom. The van der Waals surface area contributed by atoms with Gasteiger partial charge in [-0.25, -0.2) is 9.59 Å². The largest absolute Gasteiger partial charge is 0.508 e. The molecule has 0 aliphatic carbocycles. The second-order valence-corrected chi connectivity index (χ2v) is 2.73. The molecule has 0 aliphatic heterocycles. The zero-order chi connectivity index (χ0) is 12.3. The van der Waals surface area contributed by atoms with Crippen molar-refractivity contribution in [3.8, 4) is 0 Å². The first-order chi connectivity index (χ1) is 6.64. The lowest BCUT2D eigenvalue weighted by Gasteiger charge is -2.32. The number of hydrogen-bond acceptors (Lipinski definition) is 4. The summed E-state index contributed by atoms with van der Waals surface area (Å²) in [4.78, 5) is 20.1. The molecule has 0 saturated heterocycles. The Morgan fingerprint density at radius 2 is 1.60 bits per heavy atom. The zero-order valence-electron chi connectivity index (χ0n) is 7.99. The summed E-state index contributed by atoms with van der Waals surface area (Å²) in [6, 6.07) is 0. The number of alkyl halides is 2. The molecule has 0 aromatic rings. The predicted molar refractivity (Wildman–Crippen MR) is 41.9 cm³/mol. The molecule has 2 atom stereocenters. The monoisotopic (exact) mass is 228 g/mol. The topological polar surface area (TPSA) is 93.1 Å². The van der Waals surface area contributed by atoms with Gasteiger partial charge in [-0.1, -0.05) is 6.92 Å². The highest BCUT2D eigenvalue weighted by Crippen LogP contribution is 2.36. The Hall–Kier alpha value is -1.60. The van der Waals surface area contributed by atoms with Crippen LogP contribution in [-0.4, -0.2) is 34.2 Å². The third-order valence-electron chi connectivity index (χ3n) is 1.65. The second kappa shape index (κ2) is 4.28. The summed E-state index contributed by atoms with van der Waals surface area (Å²) in [7, 11) is 0. The average Bonchev–Trinajstić information content (AvgIpc) is 2.00. The highest BCUT2D eigenvalue weighted by atomic mass is 19.2. The molecule has 0 aromatic carbocycles. The van der Waals surface area contributed by atoms with Gasteiger partial charge in [-0.05, 0) is 0 Å². The van der Waals surface area contributed by atoms with E-state index < -0.39 is 30.4 Å². The van der Waals surface area contributed by atoms with Crippen LogP contribution in [0.2, 0.25) is 0 Å². The number of ether oxygens (including phenoxy) is 2. The van der Waals surface area contributed by atoms with E-state index in [1.807, 2.05) is 0 Å². The van der Waals surface area contributed by atoms with Crippen LogP contribution in [0.25, 0.3) is 0 Å². The highest BCUT2D eigenvalue weighted by Gasteiger charge is 2.56. The van der Waals surface area contributed by atoms with Gasteiger partial charge in [0.1, 0.15) is 0 Å². The Bertz CT molecular complexity index is 266. The van der Waals surface area contributed by atoms with Gasteiger partial charge in [-0.3, -0.25) is 0 Å². The Balaban J connectivity index is 4.90. The van der Waals surface area contributed by atoms with Gasteiger partial charge >= 0.3 is 24.0 Å². The van der Waals surface area contributed by atoms with Crippen LogP contribution in [0.4, 0.5) is 18.4 Å². The maximum atomic E-state index is 13.5. The molecule has 0 radical (unpaired) electrons. The standard InChI is InChI=1S/C7H10F2O6/c1-3-7(9,15-5(12)13)6(2,8)14-4(10)11/h3H2,1-2H3,(H,10,11)(H,12,13). The molecular formula is C7H10F2O6. The van der Waals surface area contributed by atoms with Crippen molar-refractivity contribution in [3.63, 3.8) is 0 Å². The fourth-order valence-corrected chi connectivity index (χ4v) is 0.858. The Morgan fingerprint density at radius 3 is 1.87 bits per heavy atom.